The quantitative estimate of drug-likeness (QED) is 0.478. The number of benzene rings is 2. The molecule has 1 amide bonds. The number of aromatic nitrogens is 3. The van der Waals surface area contributed by atoms with Gasteiger partial charge in [-0.05, 0) is 43.7 Å². The van der Waals surface area contributed by atoms with Crippen LogP contribution in [0, 0.1) is 6.92 Å². The monoisotopic (exact) mass is 454 g/mol. The zero-order valence-corrected chi connectivity index (χ0v) is 18.4. The predicted molar refractivity (Wildman–Crippen MR) is 121 cm³/mol. The van der Waals surface area contributed by atoms with Gasteiger partial charge in [-0.15, -0.1) is 0 Å². The van der Waals surface area contributed by atoms with E-state index in [4.69, 9.17) is 16.3 Å². The molecule has 0 spiro atoms. The van der Waals surface area contributed by atoms with Gasteiger partial charge in [0, 0.05) is 16.7 Å². The molecule has 7 nitrogen and oxygen atoms in total. The number of carbonyl (C=O) groups is 1. The SMILES string of the molecule is Cc1cccc(O[C@H](C)C(=O)NCc2cc(=O)n3nc(-c4cccc(Cl)c4)sc3n2)c1. The second-order valence-corrected chi connectivity index (χ2v) is 8.38. The Balaban J connectivity index is 1.47. The van der Waals surface area contributed by atoms with E-state index in [1.54, 1.807) is 25.1 Å². The van der Waals surface area contributed by atoms with Crippen LogP contribution in [0.2, 0.25) is 5.02 Å². The Morgan fingerprint density at radius 1 is 1.23 bits per heavy atom. The number of ether oxygens (including phenoxy) is 1. The molecule has 1 N–H and O–H groups in total. The summed E-state index contributed by atoms with van der Waals surface area (Å²) in [4.78, 5) is 29.8. The van der Waals surface area contributed by atoms with Gasteiger partial charge in [0.2, 0.25) is 4.96 Å². The Bertz CT molecular complexity index is 1320. The molecule has 0 saturated heterocycles. The fraction of sp³-hybridized carbons (Fsp3) is 0.182. The van der Waals surface area contributed by atoms with Crippen LogP contribution in [-0.2, 0) is 11.3 Å². The average Bonchev–Trinajstić information content (AvgIpc) is 3.17. The van der Waals surface area contributed by atoms with Crippen LogP contribution in [0.3, 0.4) is 0 Å². The molecule has 0 bridgehead atoms. The molecule has 4 rings (SSSR count). The van der Waals surface area contributed by atoms with Gasteiger partial charge in [-0.1, -0.05) is 47.2 Å². The van der Waals surface area contributed by atoms with Crippen molar-refractivity contribution in [1.82, 2.24) is 19.9 Å². The Kier molecular flexibility index (Phi) is 6.01. The van der Waals surface area contributed by atoms with Crippen molar-refractivity contribution in [2.24, 2.45) is 0 Å². The molecule has 0 aliphatic carbocycles. The first-order valence-corrected chi connectivity index (χ1v) is 10.8. The van der Waals surface area contributed by atoms with Crippen LogP contribution in [0.5, 0.6) is 5.75 Å². The minimum absolute atomic E-state index is 0.108. The lowest BCUT2D eigenvalue weighted by molar-refractivity contribution is -0.127. The standard InChI is InChI=1S/C22H19ClN4O3S/c1-13-5-3-8-18(9-13)30-14(2)20(29)24-12-17-11-19(28)27-22(25-17)31-21(26-27)15-6-4-7-16(23)10-15/h3-11,14H,12H2,1-2H3,(H,24,29)/t14-/m1/s1. The first-order chi connectivity index (χ1) is 14.9. The van der Waals surface area contributed by atoms with E-state index in [1.165, 1.54) is 21.9 Å². The molecule has 0 radical (unpaired) electrons. The molecule has 1 atom stereocenters. The van der Waals surface area contributed by atoms with Crippen LogP contribution >= 0.6 is 22.9 Å². The van der Waals surface area contributed by atoms with Crippen LogP contribution in [0.4, 0.5) is 0 Å². The molecule has 0 unspecified atom stereocenters. The van der Waals surface area contributed by atoms with E-state index in [9.17, 15) is 9.59 Å². The lowest BCUT2D eigenvalue weighted by Crippen LogP contribution is -2.36. The van der Waals surface area contributed by atoms with Crippen LogP contribution in [0.15, 0.2) is 59.4 Å². The van der Waals surface area contributed by atoms with Gasteiger partial charge in [0.15, 0.2) is 6.10 Å². The number of fused-ring (bicyclic) bond motifs is 1. The van der Waals surface area contributed by atoms with Gasteiger partial charge < -0.3 is 10.1 Å². The molecule has 0 aliphatic heterocycles. The zero-order chi connectivity index (χ0) is 22.0. The number of nitrogens with zero attached hydrogens (tertiary/aromatic N) is 3. The number of halogens is 1. The first-order valence-electron chi connectivity index (χ1n) is 9.56. The molecular formula is C22H19ClN4O3S. The fourth-order valence-electron chi connectivity index (χ4n) is 2.95. The summed E-state index contributed by atoms with van der Waals surface area (Å²) in [5.41, 5.74) is 1.98. The van der Waals surface area contributed by atoms with Gasteiger partial charge in [-0.3, -0.25) is 9.59 Å². The summed E-state index contributed by atoms with van der Waals surface area (Å²) in [5, 5.41) is 8.32. The van der Waals surface area contributed by atoms with Gasteiger partial charge in [0.05, 0.1) is 12.2 Å². The third-order valence-electron chi connectivity index (χ3n) is 4.48. The topological polar surface area (TPSA) is 85.6 Å². The third kappa shape index (κ3) is 4.92. The minimum Gasteiger partial charge on any atom is -0.481 e. The van der Waals surface area contributed by atoms with Crippen LogP contribution < -0.4 is 15.6 Å². The highest BCUT2D eigenvalue weighted by Gasteiger charge is 2.16. The highest BCUT2D eigenvalue weighted by molar-refractivity contribution is 7.19. The predicted octanol–water partition coefficient (Wildman–Crippen LogP) is 3.86. The summed E-state index contributed by atoms with van der Waals surface area (Å²) in [6.07, 6.45) is -0.690. The molecule has 2 heterocycles. The van der Waals surface area contributed by atoms with Crippen molar-refractivity contribution < 1.29 is 9.53 Å². The summed E-state index contributed by atoms with van der Waals surface area (Å²) >= 11 is 7.32. The fourth-order valence-corrected chi connectivity index (χ4v) is 4.06. The summed E-state index contributed by atoms with van der Waals surface area (Å²) < 4.78 is 6.93. The van der Waals surface area contributed by atoms with Gasteiger partial charge in [0.25, 0.3) is 11.5 Å². The molecule has 0 saturated carbocycles. The third-order valence-corrected chi connectivity index (χ3v) is 5.68. The molecule has 2 aromatic carbocycles. The van der Waals surface area contributed by atoms with Crippen LogP contribution in [-0.4, -0.2) is 26.6 Å². The molecular weight excluding hydrogens is 436 g/mol. The van der Waals surface area contributed by atoms with Crippen molar-refractivity contribution in [1.29, 1.82) is 0 Å². The minimum atomic E-state index is -0.690. The van der Waals surface area contributed by atoms with E-state index in [-0.39, 0.29) is 18.0 Å². The van der Waals surface area contributed by atoms with E-state index in [1.807, 2.05) is 37.3 Å². The molecule has 9 heteroatoms. The summed E-state index contributed by atoms with van der Waals surface area (Å²) in [6.45, 7) is 3.73. The number of carbonyl (C=O) groups excluding carboxylic acids is 1. The van der Waals surface area contributed by atoms with Crippen molar-refractivity contribution >= 4 is 33.8 Å². The number of aryl methyl sites for hydroxylation is 1. The summed E-state index contributed by atoms with van der Waals surface area (Å²) in [7, 11) is 0. The Labute approximate surface area is 187 Å². The smallest absolute Gasteiger partial charge is 0.275 e. The van der Waals surface area contributed by atoms with E-state index >= 15 is 0 Å². The molecule has 2 aromatic heterocycles. The van der Waals surface area contributed by atoms with Crippen molar-refractivity contribution in [3.05, 3.63) is 81.2 Å². The Morgan fingerprint density at radius 3 is 2.81 bits per heavy atom. The summed E-state index contributed by atoms with van der Waals surface area (Å²) in [6, 6.07) is 16.1. The van der Waals surface area contributed by atoms with E-state index < -0.39 is 6.10 Å². The van der Waals surface area contributed by atoms with Gasteiger partial charge in [0.1, 0.15) is 10.8 Å². The van der Waals surface area contributed by atoms with Gasteiger partial charge in [-0.2, -0.15) is 9.61 Å². The second kappa shape index (κ2) is 8.87. The van der Waals surface area contributed by atoms with Gasteiger partial charge in [-0.25, -0.2) is 4.98 Å². The highest BCUT2D eigenvalue weighted by atomic mass is 35.5. The van der Waals surface area contributed by atoms with Crippen molar-refractivity contribution in [2.75, 3.05) is 0 Å². The number of hydrogen-bond acceptors (Lipinski definition) is 6. The molecule has 0 aliphatic rings. The van der Waals surface area contributed by atoms with E-state index in [2.05, 4.69) is 15.4 Å². The van der Waals surface area contributed by atoms with E-state index in [0.717, 1.165) is 11.1 Å². The molecule has 4 aromatic rings. The largest absolute Gasteiger partial charge is 0.481 e. The number of amides is 1. The highest BCUT2D eigenvalue weighted by Crippen LogP contribution is 2.26. The average molecular weight is 455 g/mol. The maximum atomic E-state index is 12.5. The van der Waals surface area contributed by atoms with Crippen LogP contribution in [0.1, 0.15) is 18.2 Å². The lowest BCUT2D eigenvalue weighted by Gasteiger charge is -2.14. The lowest BCUT2D eigenvalue weighted by atomic mass is 10.2. The molecule has 31 heavy (non-hydrogen) atoms. The molecule has 158 valence electrons. The van der Waals surface area contributed by atoms with Crippen LogP contribution in [0.25, 0.3) is 15.5 Å². The van der Waals surface area contributed by atoms with Crippen molar-refractivity contribution in [2.45, 2.75) is 26.5 Å². The van der Waals surface area contributed by atoms with Crippen molar-refractivity contribution in [3.8, 4) is 16.3 Å². The van der Waals surface area contributed by atoms with Crippen molar-refractivity contribution in [3.63, 3.8) is 0 Å². The number of rotatable bonds is 6. The zero-order valence-electron chi connectivity index (χ0n) is 16.8. The molecule has 0 fully saturated rings. The first kappa shape index (κ1) is 21.0. The number of hydrogen-bond donors (Lipinski definition) is 1. The Hall–Kier alpha value is -3.23. The maximum Gasteiger partial charge on any atom is 0.275 e. The van der Waals surface area contributed by atoms with Gasteiger partial charge >= 0.3 is 0 Å². The second-order valence-electron chi connectivity index (χ2n) is 6.99. The van der Waals surface area contributed by atoms with E-state index in [0.29, 0.717) is 26.4 Å². The normalized spacial score (nSPS) is 12.0. The number of nitrogens with one attached hydrogen (secondary N) is 1. The summed E-state index contributed by atoms with van der Waals surface area (Å²) in [5.74, 6) is 0.325. The maximum absolute atomic E-state index is 12.5. The Morgan fingerprint density at radius 2 is 2.03 bits per heavy atom.